The van der Waals surface area contributed by atoms with Crippen molar-refractivity contribution >= 4 is 16.8 Å². The van der Waals surface area contributed by atoms with Crippen molar-refractivity contribution in [1.29, 1.82) is 0 Å². The highest BCUT2D eigenvalue weighted by Crippen LogP contribution is 2.35. The van der Waals surface area contributed by atoms with E-state index in [-0.39, 0.29) is 24.0 Å². The molecule has 0 saturated carbocycles. The lowest BCUT2D eigenvalue weighted by molar-refractivity contribution is -0.121. The zero-order valence-electron chi connectivity index (χ0n) is 19.9. The lowest BCUT2D eigenvalue weighted by Crippen LogP contribution is -2.25. The molecule has 2 heterocycles. The first-order valence-electron chi connectivity index (χ1n) is 11.7. The third kappa shape index (κ3) is 4.51. The van der Waals surface area contributed by atoms with Crippen molar-refractivity contribution in [2.45, 2.75) is 45.1 Å². The van der Waals surface area contributed by atoms with Crippen molar-refractivity contribution in [3.63, 3.8) is 0 Å². The first-order chi connectivity index (χ1) is 16.4. The van der Waals surface area contributed by atoms with Gasteiger partial charge in [-0.25, -0.2) is 0 Å². The van der Waals surface area contributed by atoms with Crippen molar-refractivity contribution in [1.82, 2.24) is 10.3 Å². The number of hydrogen-bond acceptors (Lipinski definition) is 3. The maximum absolute atomic E-state index is 13.1. The number of amides is 1. The number of carbonyl (C=O) groups excluding carboxylic acids is 1. The zero-order chi connectivity index (χ0) is 23.7. The van der Waals surface area contributed by atoms with Crippen LogP contribution in [0.5, 0.6) is 11.5 Å². The number of nitrogens with one attached hydrogen (secondary N) is 2. The highest BCUT2D eigenvalue weighted by molar-refractivity contribution is 5.86. The van der Waals surface area contributed by atoms with E-state index in [1.165, 1.54) is 5.56 Å². The molecule has 1 aliphatic rings. The average molecular weight is 455 g/mol. The standard InChI is InChI=1S/C29H30N2O3/c1-29(2,3)21-11-9-20(10-12-21)23(24-17-30-25-7-5-4-6-22(24)25)15-28(32)31-16-19-8-13-26-27(14-19)34-18-33-26/h4-14,17,23,30H,15-16,18H2,1-3H3,(H,31,32)/t23-/m0/s1. The minimum atomic E-state index is -0.0538. The van der Waals surface area contributed by atoms with Gasteiger partial charge >= 0.3 is 0 Å². The molecule has 174 valence electrons. The van der Waals surface area contributed by atoms with E-state index in [0.29, 0.717) is 13.0 Å². The van der Waals surface area contributed by atoms with E-state index in [1.807, 2.05) is 36.5 Å². The van der Waals surface area contributed by atoms with E-state index in [0.717, 1.165) is 39.1 Å². The SMILES string of the molecule is CC(C)(C)c1ccc([C@H](CC(=O)NCc2ccc3c(c2)OCO3)c2c[nH]c3ccccc23)cc1. The van der Waals surface area contributed by atoms with Gasteiger partial charge in [0.15, 0.2) is 11.5 Å². The molecule has 0 spiro atoms. The highest BCUT2D eigenvalue weighted by Gasteiger charge is 2.23. The Bertz CT molecular complexity index is 1320. The fraction of sp³-hybridized carbons (Fsp3) is 0.276. The molecule has 2 N–H and O–H groups in total. The molecule has 0 unspecified atom stereocenters. The van der Waals surface area contributed by atoms with E-state index in [9.17, 15) is 4.79 Å². The Morgan fingerprint density at radius 3 is 2.56 bits per heavy atom. The Kier molecular flexibility index (Phi) is 5.78. The van der Waals surface area contributed by atoms with Gasteiger partial charge < -0.3 is 19.8 Å². The fourth-order valence-corrected chi connectivity index (χ4v) is 4.51. The molecular weight excluding hydrogens is 424 g/mol. The smallest absolute Gasteiger partial charge is 0.231 e. The predicted molar refractivity (Wildman–Crippen MR) is 134 cm³/mol. The molecule has 3 aromatic carbocycles. The summed E-state index contributed by atoms with van der Waals surface area (Å²) in [6, 6.07) is 22.7. The van der Waals surface area contributed by atoms with E-state index in [2.05, 4.69) is 67.5 Å². The van der Waals surface area contributed by atoms with Crippen LogP contribution in [0.15, 0.2) is 72.9 Å². The molecule has 1 amide bonds. The second kappa shape index (κ2) is 8.90. The lowest BCUT2D eigenvalue weighted by Gasteiger charge is -2.22. The second-order valence-electron chi connectivity index (χ2n) is 9.88. The summed E-state index contributed by atoms with van der Waals surface area (Å²) in [5.41, 5.74) is 5.69. The molecule has 4 aromatic rings. The van der Waals surface area contributed by atoms with Crippen molar-refractivity contribution in [2.24, 2.45) is 0 Å². The van der Waals surface area contributed by atoms with Crippen LogP contribution in [0.2, 0.25) is 0 Å². The van der Waals surface area contributed by atoms with E-state index in [1.54, 1.807) is 0 Å². The topological polar surface area (TPSA) is 63.4 Å². The number of aromatic nitrogens is 1. The minimum absolute atomic E-state index is 0.00726. The molecule has 0 aliphatic carbocycles. The van der Waals surface area contributed by atoms with Gasteiger partial charge in [0.25, 0.3) is 0 Å². The number of carbonyl (C=O) groups is 1. The molecule has 1 aromatic heterocycles. The Balaban J connectivity index is 1.38. The number of hydrogen-bond donors (Lipinski definition) is 2. The average Bonchev–Trinajstić information content (AvgIpc) is 3.47. The van der Waals surface area contributed by atoms with Crippen molar-refractivity contribution in [3.05, 3.63) is 95.2 Å². The van der Waals surface area contributed by atoms with E-state index >= 15 is 0 Å². The number of para-hydroxylation sites is 1. The number of ether oxygens (including phenoxy) is 2. The zero-order valence-corrected chi connectivity index (χ0v) is 19.9. The quantitative estimate of drug-likeness (QED) is 0.374. The summed E-state index contributed by atoms with van der Waals surface area (Å²) < 4.78 is 10.8. The third-order valence-corrected chi connectivity index (χ3v) is 6.49. The molecule has 0 bridgehead atoms. The fourth-order valence-electron chi connectivity index (χ4n) is 4.51. The van der Waals surface area contributed by atoms with Gasteiger partial charge in [0.05, 0.1) is 0 Å². The van der Waals surface area contributed by atoms with Crippen LogP contribution in [-0.4, -0.2) is 17.7 Å². The van der Waals surface area contributed by atoms with Gasteiger partial charge in [0.1, 0.15) is 0 Å². The normalized spacial score (nSPS) is 13.7. The van der Waals surface area contributed by atoms with Gasteiger partial charge in [-0.1, -0.05) is 69.3 Å². The molecule has 0 fully saturated rings. The largest absolute Gasteiger partial charge is 0.454 e. The Labute approximate surface area is 200 Å². The first kappa shape index (κ1) is 22.1. The summed E-state index contributed by atoms with van der Waals surface area (Å²) in [7, 11) is 0. The van der Waals surface area contributed by atoms with Crippen LogP contribution in [0.1, 0.15) is 55.4 Å². The van der Waals surface area contributed by atoms with E-state index in [4.69, 9.17) is 9.47 Å². The predicted octanol–water partition coefficient (Wildman–Crippen LogP) is 6.03. The van der Waals surface area contributed by atoms with Crippen molar-refractivity contribution < 1.29 is 14.3 Å². The summed E-state index contributed by atoms with van der Waals surface area (Å²) >= 11 is 0. The van der Waals surface area contributed by atoms with Crippen LogP contribution in [-0.2, 0) is 16.8 Å². The van der Waals surface area contributed by atoms with Crippen molar-refractivity contribution in [3.8, 4) is 11.5 Å². The third-order valence-electron chi connectivity index (χ3n) is 6.49. The summed E-state index contributed by atoms with van der Waals surface area (Å²) in [5.74, 6) is 1.42. The molecule has 1 aliphatic heterocycles. The molecular formula is C29H30N2O3. The molecule has 5 heteroatoms. The van der Waals surface area contributed by atoms with Gasteiger partial charge in [0.2, 0.25) is 12.7 Å². The lowest BCUT2D eigenvalue weighted by atomic mass is 9.83. The monoisotopic (exact) mass is 454 g/mol. The molecule has 34 heavy (non-hydrogen) atoms. The van der Waals surface area contributed by atoms with Gasteiger partial charge in [-0.05, 0) is 45.9 Å². The molecule has 0 radical (unpaired) electrons. The van der Waals surface area contributed by atoms with Gasteiger partial charge in [-0.15, -0.1) is 0 Å². The number of fused-ring (bicyclic) bond motifs is 2. The Hall–Kier alpha value is -3.73. The molecule has 5 nitrogen and oxygen atoms in total. The minimum Gasteiger partial charge on any atom is -0.454 e. The van der Waals surface area contributed by atoms with Crippen molar-refractivity contribution in [2.75, 3.05) is 6.79 Å². The van der Waals surface area contributed by atoms with Crippen LogP contribution in [0.25, 0.3) is 10.9 Å². The van der Waals surface area contributed by atoms with Crippen LogP contribution >= 0.6 is 0 Å². The number of benzene rings is 3. The van der Waals surface area contributed by atoms with Crippen LogP contribution in [0.4, 0.5) is 0 Å². The summed E-state index contributed by atoms with van der Waals surface area (Å²) in [6.07, 6.45) is 2.40. The van der Waals surface area contributed by atoms with Gasteiger partial charge in [-0.2, -0.15) is 0 Å². The van der Waals surface area contributed by atoms with Crippen LogP contribution in [0, 0.1) is 0 Å². The highest BCUT2D eigenvalue weighted by atomic mass is 16.7. The number of aromatic amines is 1. The molecule has 0 saturated heterocycles. The summed E-state index contributed by atoms with van der Waals surface area (Å²) in [6.45, 7) is 7.32. The van der Waals surface area contributed by atoms with Crippen LogP contribution in [0.3, 0.4) is 0 Å². The summed E-state index contributed by atoms with van der Waals surface area (Å²) in [4.78, 5) is 16.5. The van der Waals surface area contributed by atoms with Gasteiger partial charge in [-0.3, -0.25) is 4.79 Å². The number of rotatable bonds is 6. The Morgan fingerprint density at radius 2 is 1.76 bits per heavy atom. The first-order valence-corrected chi connectivity index (χ1v) is 11.7. The van der Waals surface area contributed by atoms with E-state index < -0.39 is 0 Å². The van der Waals surface area contributed by atoms with Gasteiger partial charge in [0, 0.05) is 36.0 Å². The van der Waals surface area contributed by atoms with Crippen LogP contribution < -0.4 is 14.8 Å². The second-order valence-corrected chi connectivity index (χ2v) is 9.88. The summed E-state index contributed by atoms with van der Waals surface area (Å²) in [5, 5.41) is 4.24. The molecule has 5 rings (SSSR count). The Morgan fingerprint density at radius 1 is 1.00 bits per heavy atom. The molecule has 1 atom stereocenters. The maximum atomic E-state index is 13.1. The maximum Gasteiger partial charge on any atom is 0.231 e. The number of H-pyrrole nitrogens is 1.